The van der Waals surface area contributed by atoms with E-state index < -0.39 is 42.1 Å². The number of carbonyl (C=O) groups is 4. The second-order valence-electron chi connectivity index (χ2n) is 6.45. The Kier molecular flexibility index (Phi) is 11.4. The van der Waals surface area contributed by atoms with E-state index in [-0.39, 0.29) is 37.2 Å². The van der Waals surface area contributed by atoms with E-state index in [0.717, 1.165) is 0 Å². The van der Waals surface area contributed by atoms with E-state index in [9.17, 15) is 19.2 Å². The van der Waals surface area contributed by atoms with Gasteiger partial charge in [0.1, 0.15) is 31.5 Å². The van der Waals surface area contributed by atoms with Crippen LogP contribution in [0.3, 0.4) is 0 Å². The van der Waals surface area contributed by atoms with Crippen LogP contribution in [0.2, 0.25) is 0 Å². The van der Waals surface area contributed by atoms with Gasteiger partial charge in [0.05, 0.1) is 0 Å². The predicted molar refractivity (Wildman–Crippen MR) is 99.9 cm³/mol. The van der Waals surface area contributed by atoms with Crippen molar-refractivity contribution in [1.29, 1.82) is 0 Å². The quantitative estimate of drug-likeness (QED) is 0.292. The molecule has 0 fully saturated rings. The smallest absolute Gasteiger partial charge is 0.333 e. The molecule has 28 heavy (non-hydrogen) atoms. The summed E-state index contributed by atoms with van der Waals surface area (Å²) in [7, 11) is 0. The highest BCUT2D eigenvalue weighted by molar-refractivity contribution is 5.87. The Hall–Kier alpha value is -2.68. The van der Waals surface area contributed by atoms with Crippen molar-refractivity contribution in [2.45, 2.75) is 58.8 Å². The first-order chi connectivity index (χ1) is 12.9. The molecule has 0 bridgehead atoms. The van der Waals surface area contributed by atoms with E-state index in [1.54, 1.807) is 13.8 Å². The van der Waals surface area contributed by atoms with Crippen molar-refractivity contribution in [1.82, 2.24) is 0 Å². The summed E-state index contributed by atoms with van der Waals surface area (Å²) in [5, 5.41) is 0. The average molecular weight is 399 g/mol. The summed E-state index contributed by atoms with van der Waals surface area (Å²) in [5.74, 6) is -2.48. The van der Waals surface area contributed by atoms with Crippen LogP contribution in [0, 0.1) is 0 Å². The molecule has 0 radical (unpaired) electrons. The largest absolute Gasteiger partial charge is 0.459 e. The number of hydrogen-bond donors (Lipinski definition) is 1. The molecule has 2 N–H and O–H groups in total. The van der Waals surface area contributed by atoms with Crippen molar-refractivity contribution in [3.05, 3.63) is 24.3 Å². The molecule has 0 heterocycles. The fraction of sp³-hybridized carbons (Fsp3) is 0.579. The summed E-state index contributed by atoms with van der Waals surface area (Å²) >= 11 is 0. The highest BCUT2D eigenvalue weighted by atomic mass is 16.6. The molecule has 0 rings (SSSR count). The first-order valence-electron chi connectivity index (χ1n) is 8.74. The minimum atomic E-state index is -1.04. The fourth-order valence-corrected chi connectivity index (χ4v) is 1.66. The Bertz CT molecular complexity index is 613. The molecule has 0 saturated heterocycles. The first-order valence-corrected chi connectivity index (χ1v) is 8.74. The van der Waals surface area contributed by atoms with E-state index in [2.05, 4.69) is 13.2 Å². The third-order valence-corrected chi connectivity index (χ3v) is 3.21. The van der Waals surface area contributed by atoms with Crippen LogP contribution in [0.25, 0.3) is 0 Å². The van der Waals surface area contributed by atoms with Gasteiger partial charge in [0.15, 0.2) is 0 Å². The van der Waals surface area contributed by atoms with Crippen molar-refractivity contribution in [3.63, 3.8) is 0 Å². The molecule has 0 aromatic rings. The van der Waals surface area contributed by atoms with Crippen LogP contribution >= 0.6 is 0 Å². The van der Waals surface area contributed by atoms with Crippen LogP contribution in [-0.4, -0.2) is 55.3 Å². The molecule has 0 spiro atoms. The van der Waals surface area contributed by atoms with Crippen molar-refractivity contribution >= 4 is 23.9 Å². The molecule has 9 nitrogen and oxygen atoms in total. The van der Waals surface area contributed by atoms with Crippen molar-refractivity contribution < 1.29 is 38.1 Å². The van der Waals surface area contributed by atoms with Gasteiger partial charge in [-0.25, -0.2) is 9.59 Å². The zero-order chi connectivity index (χ0) is 21.9. The van der Waals surface area contributed by atoms with E-state index >= 15 is 0 Å². The number of hydrogen-bond acceptors (Lipinski definition) is 9. The molecule has 0 aromatic heterocycles. The van der Waals surface area contributed by atoms with E-state index in [4.69, 9.17) is 24.7 Å². The number of nitrogens with two attached hydrogens (primary N) is 1. The van der Waals surface area contributed by atoms with E-state index in [1.807, 2.05) is 0 Å². The Morgan fingerprint density at radius 2 is 1.29 bits per heavy atom. The second-order valence-corrected chi connectivity index (χ2v) is 6.45. The Morgan fingerprint density at radius 3 is 1.71 bits per heavy atom. The fourth-order valence-electron chi connectivity index (χ4n) is 1.66. The van der Waals surface area contributed by atoms with Gasteiger partial charge in [0.25, 0.3) is 0 Å². The molecule has 0 amide bonds. The van der Waals surface area contributed by atoms with Gasteiger partial charge in [-0.3, -0.25) is 9.59 Å². The second kappa shape index (κ2) is 12.7. The van der Waals surface area contributed by atoms with Gasteiger partial charge in [0, 0.05) is 17.6 Å². The van der Waals surface area contributed by atoms with Gasteiger partial charge in [0.2, 0.25) is 0 Å². The maximum Gasteiger partial charge on any atom is 0.333 e. The molecule has 0 aliphatic heterocycles. The summed E-state index contributed by atoms with van der Waals surface area (Å²) < 4.78 is 19.9. The maximum atomic E-state index is 11.9. The summed E-state index contributed by atoms with van der Waals surface area (Å²) in [6.45, 7) is 12.7. The molecular formula is C19H29NO8. The monoisotopic (exact) mass is 399 g/mol. The minimum Gasteiger partial charge on any atom is -0.459 e. The van der Waals surface area contributed by atoms with Crippen molar-refractivity contribution in [2.75, 3.05) is 13.2 Å². The lowest BCUT2D eigenvalue weighted by atomic mass is 10.1. The van der Waals surface area contributed by atoms with Gasteiger partial charge < -0.3 is 24.7 Å². The van der Waals surface area contributed by atoms with Gasteiger partial charge in [-0.2, -0.15) is 0 Å². The van der Waals surface area contributed by atoms with Crippen LogP contribution < -0.4 is 5.73 Å². The van der Waals surface area contributed by atoms with Crippen LogP contribution in [-0.2, 0) is 38.1 Å². The zero-order valence-corrected chi connectivity index (χ0v) is 16.8. The molecule has 0 aliphatic carbocycles. The topological polar surface area (TPSA) is 131 Å². The third kappa shape index (κ3) is 11.1. The Balaban J connectivity index is 4.15. The minimum absolute atomic E-state index is 0.00815. The van der Waals surface area contributed by atoms with E-state index in [1.165, 1.54) is 13.8 Å². The lowest BCUT2D eigenvalue weighted by Gasteiger charge is -2.17. The standard InChI is InChI=1S/C19H29NO8/c1-11(2)17(22)25-9-13(5)27-16(21)8-7-15(20)19(24)28-14(6)10-26-18(23)12(3)4/h13-15H,1,3,7-10,20H2,2,4-6H3. The molecule has 9 heteroatoms. The lowest BCUT2D eigenvalue weighted by Crippen LogP contribution is -2.36. The predicted octanol–water partition coefficient (Wildman–Crippen LogP) is 1.20. The van der Waals surface area contributed by atoms with Gasteiger partial charge in [-0.15, -0.1) is 0 Å². The SMILES string of the molecule is C=C(C)C(=O)OCC(C)OC(=O)CCC(N)C(=O)OC(C)COC(=O)C(=C)C. The molecule has 3 unspecified atom stereocenters. The Labute approximate surface area is 164 Å². The van der Waals surface area contributed by atoms with Crippen LogP contribution in [0.15, 0.2) is 24.3 Å². The van der Waals surface area contributed by atoms with Gasteiger partial charge >= 0.3 is 23.9 Å². The van der Waals surface area contributed by atoms with Crippen LogP contribution in [0.4, 0.5) is 0 Å². The number of carbonyl (C=O) groups excluding carboxylic acids is 4. The summed E-state index contributed by atoms with van der Waals surface area (Å²) in [5.41, 5.74) is 6.17. The number of esters is 4. The number of rotatable bonds is 12. The molecular weight excluding hydrogens is 370 g/mol. The Morgan fingerprint density at radius 1 is 0.857 bits per heavy atom. The summed E-state index contributed by atoms with van der Waals surface area (Å²) in [6.07, 6.45) is -1.46. The zero-order valence-electron chi connectivity index (χ0n) is 16.8. The highest BCUT2D eigenvalue weighted by Gasteiger charge is 2.21. The van der Waals surface area contributed by atoms with Crippen molar-refractivity contribution in [3.8, 4) is 0 Å². The van der Waals surface area contributed by atoms with Gasteiger partial charge in [-0.05, 0) is 34.1 Å². The highest BCUT2D eigenvalue weighted by Crippen LogP contribution is 2.05. The first kappa shape index (κ1) is 25.3. The van der Waals surface area contributed by atoms with E-state index in [0.29, 0.717) is 0 Å². The molecule has 3 atom stereocenters. The normalized spacial score (nSPS) is 13.5. The maximum absolute atomic E-state index is 11.9. The average Bonchev–Trinajstić information content (AvgIpc) is 2.61. The van der Waals surface area contributed by atoms with Crippen LogP contribution in [0.1, 0.15) is 40.5 Å². The van der Waals surface area contributed by atoms with Crippen LogP contribution in [0.5, 0.6) is 0 Å². The molecule has 0 saturated carbocycles. The summed E-state index contributed by atoms with van der Waals surface area (Å²) in [4.78, 5) is 46.2. The summed E-state index contributed by atoms with van der Waals surface area (Å²) in [6, 6.07) is -1.04. The molecule has 0 aliphatic rings. The molecule has 158 valence electrons. The third-order valence-electron chi connectivity index (χ3n) is 3.21. The van der Waals surface area contributed by atoms with Gasteiger partial charge in [-0.1, -0.05) is 13.2 Å². The number of ether oxygens (including phenoxy) is 4. The lowest BCUT2D eigenvalue weighted by molar-refractivity contribution is -0.159. The van der Waals surface area contributed by atoms with Crippen molar-refractivity contribution in [2.24, 2.45) is 5.73 Å². The molecule has 0 aromatic carbocycles.